The number of hydrogen-bond donors (Lipinski definition) is 0. The molecule has 0 aliphatic carbocycles. The second kappa shape index (κ2) is 6.80. The normalized spacial score (nSPS) is 23.2. The number of anilines is 1. The van der Waals surface area contributed by atoms with Gasteiger partial charge in [-0.05, 0) is 70.0 Å². The summed E-state index contributed by atoms with van der Waals surface area (Å²) in [7, 11) is 2.28. The van der Waals surface area contributed by atoms with E-state index in [-0.39, 0.29) is 0 Å². The van der Waals surface area contributed by atoms with Gasteiger partial charge in [0.15, 0.2) is 0 Å². The van der Waals surface area contributed by atoms with Crippen molar-refractivity contribution in [1.29, 1.82) is 0 Å². The highest BCUT2D eigenvalue weighted by molar-refractivity contribution is 5.63. The van der Waals surface area contributed by atoms with Gasteiger partial charge in [-0.15, -0.1) is 0 Å². The highest BCUT2D eigenvalue weighted by Crippen LogP contribution is 2.44. The summed E-state index contributed by atoms with van der Waals surface area (Å²) in [6.45, 7) is 7.77. The fourth-order valence-electron chi connectivity index (χ4n) is 4.59. The maximum Gasteiger partial charge on any atom is 0.0405 e. The van der Waals surface area contributed by atoms with Crippen molar-refractivity contribution in [2.75, 3.05) is 31.6 Å². The first-order valence-electron chi connectivity index (χ1n) is 9.59. The van der Waals surface area contributed by atoms with E-state index in [1.54, 1.807) is 5.56 Å². The molecule has 0 radical (unpaired) electrons. The number of benzene rings is 1. The highest BCUT2D eigenvalue weighted by Gasteiger charge is 2.39. The Hall–Kier alpha value is -1.87. The van der Waals surface area contributed by atoms with Crippen LogP contribution in [0.2, 0.25) is 0 Å². The summed E-state index contributed by atoms with van der Waals surface area (Å²) in [5.41, 5.74) is 6.86. The van der Waals surface area contributed by atoms with Gasteiger partial charge in [-0.3, -0.25) is 4.98 Å². The van der Waals surface area contributed by atoms with Crippen LogP contribution in [0.4, 0.5) is 5.69 Å². The van der Waals surface area contributed by atoms with Crippen molar-refractivity contribution in [2.45, 2.75) is 45.1 Å². The molecule has 0 amide bonds. The lowest BCUT2D eigenvalue weighted by Crippen LogP contribution is -2.37. The number of fused-ring (bicyclic) bond motifs is 3. The minimum Gasteiger partial charge on any atom is -0.367 e. The number of hydrogen-bond acceptors (Lipinski definition) is 3. The molecule has 132 valence electrons. The molecule has 1 saturated heterocycles. The summed E-state index contributed by atoms with van der Waals surface area (Å²) < 4.78 is 0. The number of aromatic nitrogens is 1. The largest absolute Gasteiger partial charge is 0.367 e. The van der Waals surface area contributed by atoms with Gasteiger partial charge in [-0.1, -0.05) is 23.8 Å². The SMILES string of the molecule is Cc1ccc2c(c1)[C@@H]1CN(C)CCC[C@H]1N2CCc1ccc(C)nc1. The van der Waals surface area contributed by atoms with E-state index in [1.807, 2.05) is 6.20 Å². The molecule has 3 nitrogen and oxygen atoms in total. The molecule has 4 rings (SSSR count). The molecule has 1 aromatic carbocycles. The average molecular weight is 335 g/mol. The van der Waals surface area contributed by atoms with Crippen LogP contribution in [0.15, 0.2) is 36.5 Å². The average Bonchev–Trinajstić information content (AvgIpc) is 2.74. The maximum absolute atomic E-state index is 4.46. The van der Waals surface area contributed by atoms with Crippen molar-refractivity contribution in [1.82, 2.24) is 9.88 Å². The number of pyridine rings is 1. The standard InChI is InChI=1S/C22H29N3/c1-16-6-9-22-19(13-16)20-15-24(3)11-4-5-21(20)25(22)12-10-18-8-7-17(2)23-14-18/h6-9,13-14,20-21H,4-5,10-12,15H2,1-3H3/t20-,21+/m0/s1. The van der Waals surface area contributed by atoms with Crippen LogP contribution in [0.3, 0.4) is 0 Å². The molecule has 3 heteroatoms. The van der Waals surface area contributed by atoms with Gasteiger partial charge >= 0.3 is 0 Å². The molecule has 0 saturated carbocycles. The van der Waals surface area contributed by atoms with Crippen LogP contribution >= 0.6 is 0 Å². The number of nitrogens with zero attached hydrogens (tertiary/aromatic N) is 3. The van der Waals surface area contributed by atoms with Crippen molar-refractivity contribution in [3.05, 3.63) is 58.9 Å². The Labute approximate surface area is 151 Å². The van der Waals surface area contributed by atoms with Crippen LogP contribution in [0.1, 0.15) is 41.1 Å². The molecule has 0 spiro atoms. The minimum atomic E-state index is 0.651. The second-order valence-corrected chi connectivity index (χ2v) is 7.89. The van der Waals surface area contributed by atoms with Crippen LogP contribution in [-0.2, 0) is 6.42 Å². The zero-order valence-electron chi connectivity index (χ0n) is 15.7. The summed E-state index contributed by atoms with van der Waals surface area (Å²) in [6, 6.07) is 12.1. The van der Waals surface area contributed by atoms with Crippen molar-refractivity contribution in [3.63, 3.8) is 0 Å². The number of likely N-dealkylation sites (N-methyl/N-ethyl adjacent to an activating group) is 1. The summed E-state index contributed by atoms with van der Waals surface area (Å²) in [5.74, 6) is 0.651. The molecule has 2 aliphatic heterocycles. The number of aryl methyl sites for hydroxylation is 2. The van der Waals surface area contributed by atoms with Gasteiger partial charge in [0.1, 0.15) is 0 Å². The summed E-state index contributed by atoms with van der Waals surface area (Å²) in [4.78, 5) is 9.67. The Balaban J connectivity index is 1.60. The molecule has 0 bridgehead atoms. The van der Waals surface area contributed by atoms with E-state index in [0.29, 0.717) is 12.0 Å². The van der Waals surface area contributed by atoms with Gasteiger partial charge in [-0.2, -0.15) is 0 Å². The zero-order valence-corrected chi connectivity index (χ0v) is 15.7. The lowest BCUT2D eigenvalue weighted by molar-refractivity contribution is 0.330. The zero-order chi connectivity index (χ0) is 17.4. The Kier molecular flexibility index (Phi) is 4.51. The molecule has 2 atom stereocenters. The van der Waals surface area contributed by atoms with Crippen LogP contribution in [0.25, 0.3) is 0 Å². The quantitative estimate of drug-likeness (QED) is 0.847. The van der Waals surface area contributed by atoms with Gasteiger partial charge in [0.25, 0.3) is 0 Å². The van der Waals surface area contributed by atoms with Crippen LogP contribution in [-0.4, -0.2) is 42.6 Å². The fourth-order valence-corrected chi connectivity index (χ4v) is 4.59. The van der Waals surface area contributed by atoms with Crippen LogP contribution < -0.4 is 4.90 Å². The van der Waals surface area contributed by atoms with Gasteiger partial charge in [0.2, 0.25) is 0 Å². The third kappa shape index (κ3) is 3.30. The predicted octanol–water partition coefficient (Wildman–Crippen LogP) is 3.94. The summed E-state index contributed by atoms with van der Waals surface area (Å²) in [6.07, 6.45) is 5.71. The van der Waals surface area contributed by atoms with E-state index in [2.05, 4.69) is 66.0 Å². The second-order valence-electron chi connectivity index (χ2n) is 7.89. The Morgan fingerprint density at radius 1 is 1.16 bits per heavy atom. The first-order valence-corrected chi connectivity index (χ1v) is 9.59. The van der Waals surface area contributed by atoms with E-state index >= 15 is 0 Å². The summed E-state index contributed by atoms with van der Waals surface area (Å²) >= 11 is 0. The van der Waals surface area contributed by atoms with Gasteiger partial charge in [-0.25, -0.2) is 0 Å². The molecule has 2 aliphatic rings. The number of likely N-dealkylation sites (tertiary alicyclic amines) is 1. The van der Waals surface area contributed by atoms with Gasteiger partial charge in [0.05, 0.1) is 0 Å². The molecule has 3 heterocycles. The van der Waals surface area contributed by atoms with Crippen molar-refractivity contribution in [3.8, 4) is 0 Å². The molecule has 0 N–H and O–H groups in total. The molecular formula is C22H29N3. The third-order valence-electron chi connectivity index (χ3n) is 5.92. The molecule has 2 aromatic rings. The smallest absolute Gasteiger partial charge is 0.0405 e. The van der Waals surface area contributed by atoms with Crippen LogP contribution in [0.5, 0.6) is 0 Å². The first-order chi connectivity index (χ1) is 12.1. The van der Waals surface area contributed by atoms with E-state index in [1.165, 1.54) is 42.7 Å². The Bertz CT molecular complexity index is 737. The lowest BCUT2D eigenvalue weighted by Gasteiger charge is -2.29. The van der Waals surface area contributed by atoms with E-state index in [4.69, 9.17) is 0 Å². The van der Waals surface area contributed by atoms with Crippen molar-refractivity contribution in [2.24, 2.45) is 0 Å². The monoisotopic (exact) mass is 335 g/mol. The Morgan fingerprint density at radius 3 is 2.84 bits per heavy atom. The van der Waals surface area contributed by atoms with Crippen molar-refractivity contribution >= 4 is 5.69 Å². The third-order valence-corrected chi connectivity index (χ3v) is 5.92. The lowest BCUT2D eigenvalue weighted by atomic mass is 9.92. The molecular weight excluding hydrogens is 306 g/mol. The minimum absolute atomic E-state index is 0.651. The predicted molar refractivity (Wildman–Crippen MR) is 104 cm³/mol. The number of rotatable bonds is 3. The van der Waals surface area contributed by atoms with E-state index in [9.17, 15) is 0 Å². The molecule has 1 aromatic heterocycles. The first kappa shape index (κ1) is 16.6. The van der Waals surface area contributed by atoms with Gasteiger partial charge in [0, 0.05) is 42.6 Å². The Morgan fingerprint density at radius 2 is 2.04 bits per heavy atom. The molecule has 0 unspecified atom stereocenters. The van der Waals surface area contributed by atoms with Crippen molar-refractivity contribution < 1.29 is 0 Å². The summed E-state index contributed by atoms with van der Waals surface area (Å²) in [5, 5.41) is 0. The fraction of sp³-hybridized carbons (Fsp3) is 0.500. The maximum atomic E-state index is 4.46. The van der Waals surface area contributed by atoms with Gasteiger partial charge < -0.3 is 9.80 Å². The van der Waals surface area contributed by atoms with E-state index < -0.39 is 0 Å². The topological polar surface area (TPSA) is 19.4 Å². The molecule has 1 fully saturated rings. The highest BCUT2D eigenvalue weighted by atomic mass is 15.2. The van der Waals surface area contributed by atoms with Crippen LogP contribution in [0, 0.1) is 13.8 Å². The van der Waals surface area contributed by atoms with E-state index in [0.717, 1.165) is 18.7 Å². The molecule has 25 heavy (non-hydrogen) atoms.